The summed E-state index contributed by atoms with van der Waals surface area (Å²) < 4.78 is 43.8. The van der Waals surface area contributed by atoms with Crippen LogP contribution < -0.4 is 11.1 Å². The lowest BCUT2D eigenvalue weighted by molar-refractivity contribution is -0.137. The minimum absolute atomic E-state index is 0.0755. The maximum Gasteiger partial charge on any atom is 0.416 e. The van der Waals surface area contributed by atoms with Gasteiger partial charge in [0.05, 0.1) is 11.7 Å². The second-order valence-corrected chi connectivity index (χ2v) is 6.76. The quantitative estimate of drug-likeness (QED) is 0.726. The Balaban J connectivity index is 2.92. The summed E-state index contributed by atoms with van der Waals surface area (Å²) in [5.74, 6) is 0. The number of ether oxygens (including phenoxy) is 1. The number of aliphatic hydroxyl groups excluding tert-OH is 1. The van der Waals surface area contributed by atoms with E-state index >= 15 is 0 Å². The molecule has 0 aliphatic rings. The first-order chi connectivity index (χ1) is 11.4. The first-order valence-corrected chi connectivity index (χ1v) is 7.96. The molecule has 0 aliphatic carbocycles. The first kappa shape index (κ1) is 21.2. The summed E-state index contributed by atoms with van der Waals surface area (Å²) >= 11 is 0. The minimum atomic E-state index is -4.48. The molecule has 0 spiro atoms. The topological polar surface area (TPSA) is 84.6 Å². The molecule has 1 amide bonds. The second kappa shape index (κ2) is 8.53. The number of hydrogen-bond acceptors (Lipinski definition) is 4. The van der Waals surface area contributed by atoms with E-state index in [4.69, 9.17) is 10.5 Å². The third-order valence-electron chi connectivity index (χ3n) is 3.37. The van der Waals surface area contributed by atoms with Crippen LogP contribution in [0.5, 0.6) is 0 Å². The van der Waals surface area contributed by atoms with Gasteiger partial charge in [0.2, 0.25) is 0 Å². The summed E-state index contributed by atoms with van der Waals surface area (Å²) in [6.45, 7) is 5.04. The molecule has 0 saturated heterocycles. The van der Waals surface area contributed by atoms with Crippen LogP contribution in [0, 0.1) is 0 Å². The highest BCUT2D eigenvalue weighted by Gasteiger charge is 2.31. The zero-order valence-electron chi connectivity index (χ0n) is 14.6. The van der Waals surface area contributed by atoms with E-state index in [-0.39, 0.29) is 13.1 Å². The molecule has 25 heavy (non-hydrogen) atoms. The number of amides is 1. The van der Waals surface area contributed by atoms with Gasteiger partial charge in [0.15, 0.2) is 0 Å². The highest BCUT2D eigenvalue weighted by molar-refractivity contribution is 5.67. The highest BCUT2D eigenvalue weighted by Crippen LogP contribution is 2.31. The molecular weight excluding hydrogens is 337 g/mol. The SMILES string of the molecule is CC(C)(C)OC(=O)NCc1cc(C(F)(F)F)ccc1CCC(O)CN. The smallest absolute Gasteiger partial charge is 0.416 e. The van der Waals surface area contributed by atoms with Crippen molar-refractivity contribution in [3.8, 4) is 0 Å². The van der Waals surface area contributed by atoms with Gasteiger partial charge >= 0.3 is 12.3 Å². The van der Waals surface area contributed by atoms with E-state index < -0.39 is 29.5 Å². The molecule has 0 aliphatic heterocycles. The molecule has 4 N–H and O–H groups in total. The van der Waals surface area contributed by atoms with Crippen molar-refractivity contribution < 1.29 is 27.8 Å². The molecule has 0 bridgehead atoms. The molecule has 8 heteroatoms. The maximum atomic E-state index is 12.9. The van der Waals surface area contributed by atoms with Crippen LogP contribution in [0.15, 0.2) is 18.2 Å². The van der Waals surface area contributed by atoms with Crippen molar-refractivity contribution in [2.75, 3.05) is 6.54 Å². The van der Waals surface area contributed by atoms with Gasteiger partial charge in [-0.25, -0.2) is 4.79 Å². The van der Waals surface area contributed by atoms with E-state index in [1.54, 1.807) is 20.8 Å². The first-order valence-electron chi connectivity index (χ1n) is 7.96. The molecule has 0 aromatic heterocycles. The van der Waals surface area contributed by atoms with Crippen LogP contribution in [0.3, 0.4) is 0 Å². The van der Waals surface area contributed by atoms with Gasteiger partial charge in [-0.3, -0.25) is 0 Å². The van der Waals surface area contributed by atoms with Gasteiger partial charge in [0, 0.05) is 13.1 Å². The fourth-order valence-corrected chi connectivity index (χ4v) is 2.13. The van der Waals surface area contributed by atoms with E-state index in [2.05, 4.69) is 5.32 Å². The zero-order valence-corrected chi connectivity index (χ0v) is 14.6. The number of carbonyl (C=O) groups excluding carboxylic acids is 1. The van der Waals surface area contributed by atoms with Gasteiger partial charge in [-0.15, -0.1) is 0 Å². The van der Waals surface area contributed by atoms with Crippen molar-refractivity contribution >= 4 is 6.09 Å². The molecule has 0 radical (unpaired) electrons. The Morgan fingerprint density at radius 1 is 1.28 bits per heavy atom. The van der Waals surface area contributed by atoms with Gasteiger partial charge < -0.3 is 20.9 Å². The Bertz CT molecular complexity index is 583. The lowest BCUT2D eigenvalue weighted by Crippen LogP contribution is -2.32. The third kappa shape index (κ3) is 7.74. The van der Waals surface area contributed by atoms with E-state index in [0.29, 0.717) is 24.0 Å². The van der Waals surface area contributed by atoms with E-state index in [0.717, 1.165) is 12.1 Å². The summed E-state index contributed by atoms with van der Waals surface area (Å²) in [5.41, 5.74) is 4.77. The van der Waals surface area contributed by atoms with Crippen LogP contribution in [0.4, 0.5) is 18.0 Å². The molecule has 1 aromatic carbocycles. The predicted molar refractivity (Wildman–Crippen MR) is 87.9 cm³/mol. The molecule has 1 unspecified atom stereocenters. The van der Waals surface area contributed by atoms with Crippen molar-refractivity contribution in [1.82, 2.24) is 5.32 Å². The molecule has 5 nitrogen and oxygen atoms in total. The van der Waals surface area contributed by atoms with Crippen LogP contribution >= 0.6 is 0 Å². The van der Waals surface area contributed by atoms with Crippen LogP contribution in [0.25, 0.3) is 0 Å². The van der Waals surface area contributed by atoms with Gasteiger partial charge in [0.1, 0.15) is 5.60 Å². The number of nitrogens with one attached hydrogen (secondary N) is 1. The van der Waals surface area contributed by atoms with Crippen molar-refractivity contribution in [2.45, 2.75) is 58.0 Å². The molecule has 0 fully saturated rings. The van der Waals surface area contributed by atoms with Gasteiger partial charge in [-0.2, -0.15) is 13.2 Å². The number of aryl methyl sites for hydroxylation is 1. The number of hydrogen-bond donors (Lipinski definition) is 3. The van der Waals surface area contributed by atoms with Crippen LogP contribution in [-0.4, -0.2) is 29.4 Å². The van der Waals surface area contributed by atoms with Crippen molar-refractivity contribution in [3.63, 3.8) is 0 Å². The molecule has 142 valence electrons. The Kier molecular flexibility index (Phi) is 7.25. The average molecular weight is 362 g/mol. The Hall–Kier alpha value is -1.80. The number of rotatable bonds is 6. The molecule has 0 heterocycles. The third-order valence-corrected chi connectivity index (χ3v) is 3.37. The molecular formula is C17H25F3N2O3. The van der Waals surface area contributed by atoms with E-state index in [9.17, 15) is 23.1 Å². The Morgan fingerprint density at radius 3 is 2.44 bits per heavy atom. The lowest BCUT2D eigenvalue weighted by Gasteiger charge is -2.20. The summed E-state index contributed by atoms with van der Waals surface area (Å²) in [7, 11) is 0. The average Bonchev–Trinajstić information content (AvgIpc) is 2.48. The fourth-order valence-electron chi connectivity index (χ4n) is 2.13. The normalized spacial score (nSPS) is 13.4. The fraction of sp³-hybridized carbons (Fsp3) is 0.588. The van der Waals surface area contributed by atoms with Crippen molar-refractivity contribution in [1.29, 1.82) is 0 Å². The summed E-state index contributed by atoms with van der Waals surface area (Å²) in [4.78, 5) is 11.7. The Labute approximate surface area is 145 Å². The molecule has 1 aromatic rings. The van der Waals surface area contributed by atoms with Crippen molar-refractivity contribution in [2.24, 2.45) is 5.73 Å². The Morgan fingerprint density at radius 2 is 1.92 bits per heavy atom. The molecule has 1 atom stereocenters. The second-order valence-electron chi connectivity index (χ2n) is 6.76. The number of alkyl carbamates (subject to hydrolysis) is 1. The predicted octanol–water partition coefficient (Wildman–Crippen LogP) is 2.98. The molecule has 0 saturated carbocycles. The van der Waals surface area contributed by atoms with Crippen LogP contribution in [0.1, 0.15) is 43.9 Å². The molecule has 1 rings (SSSR count). The largest absolute Gasteiger partial charge is 0.444 e. The number of halogens is 3. The van der Waals surface area contributed by atoms with Crippen LogP contribution in [0.2, 0.25) is 0 Å². The number of alkyl halides is 3. The zero-order chi connectivity index (χ0) is 19.3. The van der Waals surface area contributed by atoms with Crippen LogP contribution in [-0.2, 0) is 23.9 Å². The summed E-state index contributed by atoms with van der Waals surface area (Å²) in [6, 6.07) is 3.35. The maximum absolute atomic E-state index is 12.9. The number of nitrogens with two attached hydrogens (primary N) is 1. The number of benzene rings is 1. The number of carbonyl (C=O) groups is 1. The van der Waals surface area contributed by atoms with Crippen molar-refractivity contribution in [3.05, 3.63) is 34.9 Å². The summed E-state index contributed by atoms with van der Waals surface area (Å²) in [6.07, 6.45) is -5.24. The number of aliphatic hydroxyl groups is 1. The minimum Gasteiger partial charge on any atom is -0.444 e. The standard InChI is InChI=1S/C17H25F3N2O3/c1-16(2,3)25-15(24)22-10-12-8-13(17(18,19)20)6-4-11(12)5-7-14(23)9-21/h4,6,8,14,23H,5,7,9-10,21H2,1-3H3,(H,22,24). The van der Waals surface area contributed by atoms with E-state index in [1.807, 2.05) is 0 Å². The monoisotopic (exact) mass is 362 g/mol. The van der Waals surface area contributed by atoms with E-state index in [1.165, 1.54) is 6.07 Å². The lowest BCUT2D eigenvalue weighted by atomic mass is 9.98. The van der Waals surface area contributed by atoms with Gasteiger partial charge in [-0.05, 0) is 56.9 Å². The highest BCUT2D eigenvalue weighted by atomic mass is 19.4. The summed E-state index contributed by atoms with van der Waals surface area (Å²) in [5, 5.41) is 12.0. The van der Waals surface area contributed by atoms with Gasteiger partial charge in [0.25, 0.3) is 0 Å². The van der Waals surface area contributed by atoms with Gasteiger partial charge in [-0.1, -0.05) is 6.07 Å².